The predicted molar refractivity (Wildman–Crippen MR) is 62.2 cm³/mol. The van der Waals surface area contributed by atoms with E-state index >= 15 is 0 Å². The number of rotatable bonds is 4. The lowest BCUT2D eigenvalue weighted by molar-refractivity contribution is -0.148. The lowest BCUT2D eigenvalue weighted by Crippen LogP contribution is -2.47. The number of carboxylic acid groups (broad SMARTS) is 1. The molecule has 0 atom stereocenters. The maximum Gasteiger partial charge on any atom is 0.323 e. The van der Waals surface area contributed by atoms with E-state index in [0.29, 0.717) is 6.54 Å². The molecule has 0 spiro atoms. The lowest BCUT2D eigenvalue weighted by atomic mass is 10.0. The summed E-state index contributed by atoms with van der Waals surface area (Å²) >= 11 is 0. The van der Waals surface area contributed by atoms with Crippen LogP contribution in [0.4, 0.5) is 0 Å². The second-order valence-corrected chi connectivity index (χ2v) is 4.55. The van der Waals surface area contributed by atoms with Gasteiger partial charge in [0.15, 0.2) is 0 Å². The largest absolute Gasteiger partial charge is 0.480 e. The second-order valence-electron chi connectivity index (χ2n) is 4.55. The van der Waals surface area contributed by atoms with E-state index in [4.69, 9.17) is 5.11 Å². The normalized spacial score (nSPS) is 11.8. The molecule has 88 valence electrons. The predicted octanol–water partition coefficient (Wildman–Crippen LogP) is 1.69. The molecule has 0 aromatic carbocycles. The summed E-state index contributed by atoms with van der Waals surface area (Å²) in [5, 5.41) is 9.07. The van der Waals surface area contributed by atoms with Crippen molar-refractivity contribution in [3.63, 3.8) is 0 Å². The molecule has 1 rings (SSSR count). The van der Waals surface area contributed by atoms with Gasteiger partial charge in [-0.05, 0) is 39.4 Å². The molecule has 4 nitrogen and oxygen atoms in total. The summed E-state index contributed by atoms with van der Waals surface area (Å²) in [6.07, 6.45) is 1.79. The Morgan fingerprint density at radius 3 is 2.56 bits per heavy atom. The van der Waals surface area contributed by atoms with E-state index in [9.17, 15) is 4.79 Å². The van der Waals surface area contributed by atoms with Gasteiger partial charge in [0.25, 0.3) is 0 Å². The van der Waals surface area contributed by atoms with E-state index in [-0.39, 0.29) is 0 Å². The van der Waals surface area contributed by atoms with Gasteiger partial charge in [-0.3, -0.25) is 14.7 Å². The number of nitrogens with zero attached hydrogens (tertiary/aromatic N) is 2. The fourth-order valence-electron chi connectivity index (χ4n) is 1.20. The summed E-state index contributed by atoms with van der Waals surface area (Å²) in [7, 11) is 1.79. The van der Waals surface area contributed by atoms with Gasteiger partial charge in [-0.25, -0.2) is 0 Å². The van der Waals surface area contributed by atoms with Crippen LogP contribution < -0.4 is 0 Å². The molecule has 0 fully saturated rings. The number of aliphatic carboxylic acids is 1. The quantitative estimate of drug-likeness (QED) is 0.842. The highest BCUT2D eigenvalue weighted by atomic mass is 16.4. The van der Waals surface area contributed by atoms with Crippen LogP contribution in [0.15, 0.2) is 18.3 Å². The smallest absolute Gasteiger partial charge is 0.323 e. The number of hydrogen-bond donors (Lipinski definition) is 1. The molecule has 1 aromatic heterocycles. The molecule has 0 bridgehead atoms. The molecular weight excluding hydrogens is 204 g/mol. The fourth-order valence-corrected chi connectivity index (χ4v) is 1.20. The average Bonchev–Trinajstić information content (AvgIpc) is 2.21. The lowest BCUT2D eigenvalue weighted by Gasteiger charge is -2.31. The topological polar surface area (TPSA) is 53.4 Å². The molecule has 0 radical (unpaired) electrons. The highest BCUT2D eigenvalue weighted by molar-refractivity contribution is 5.77. The Hall–Kier alpha value is -1.42. The number of carboxylic acids is 1. The molecule has 1 N–H and O–H groups in total. The monoisotopic (exact) mass is 222 g/mol. The Labute approximate surface area is 95.9 Å². The van der Waals surface area contributed by atoms with Crippen LogP contribution in [0.1, 0.15) is 25.1 Å². The van der Waals surface area contributed by atoms with E-state index in [0.717, 1.165) is 11.3 Å². The molecule has 0 amide bonds. The van der Waals surface area contributed by atoms with Crippen LogP contribution in [0.25, 0.3) is 0 Å². The summed E-state index contributed by atoms with van der Waals surface area (Å²) in [5.41, 5.74) is 1.10. The molecule has 1 heterocycles. The molecule has 0 saturated heterocycles. The minimum Gasteiger partial charge on any atom is -0.480 e. The number of pyridine rings is 1. The maximum absolute atomic E-state index is 11.0. The SMILES string of the molecule is Cc1ccc(CN(C)C(C)(C)C(=O)O)nc1. The van der Waals surface area contributed by atoms with Crippen molar-refractivity contribution in [1.82, 2.24) is 9.88 Å². The Morgan fingerprint density at radius 1 is 1.50 bits per heavy atom. The van der Waals surface area contributed by atoms with E-state index in [1.54, 1.807) is 32.0 Å². The Morgan fingerprint density at radius 2 is 2.12 bits per heavy atom. The van der Waals surface area contributed by atoms with Crippen LogP contribution >= 0.6 is 0 Å². The molecule has 16 heavy (non-hydrogen) atoms. The minimum absolute atomic E-state index is 0.527. The number of aryl methyl sites for hydroxylation is 1. The van der Waals surface area contributed by atoms with E-state index in [2.05, 4.69) is 4.98 Å². The van der Waals surface area contributed by atoms with Crippen molar-refractivity contribution < 1.29 is 9.90 Å². The van der Waals surface area contributed by atoms with Gasteiger partial charge in [-0.15, -0.1) is 0 Å². The summed E-state index contributed by atoms with van der Waals surface area (Å²) in [6.45, 7) is 5.87. The van der Waals surface area contributed by atoms with Crippen LogP contribution in [-0.4, -0.2) is 33.5 Å². The van der Waals surface area contributed by atoms with E-state index in [1.807, 2.05) is 19.1 Å². The highest BCUT2D eigenvalue weighted by Gasteiger charge is 2.31. The van der Waals surface area contributed by atoms with Gasteiger partial charge in [0, 0.05) is 12.7 Å². The van der Waals surface area contributed by atoms with E-state index < -0.39 is 11.5 Å². The second kappa shape index (κ2) is 4.61. The Bertz CT molecular complexity index is 371. The third-order valence-corrected chi connectivity index (χ3v) is 2.85. The maximum atomic E-state index is 11.0. The van der Waals surface area contributed by atoms with Crippen LogP contribution in [0, 0.1) is 6.92 Å². The molecule has 1 aromatic rings. The van der Waals surface area contributed by atoms with Crippen molar-refractivity contribution in [2.75, 3.05) is 7.05 Å². The van der Waals surface area contributed by atoms with Crippen molar-refractivity contribution in [2.24, 2.45) is 0 Å². The zero-order valence-corrected chi connectivity index (χ0v) is 10.2. The first-order valence-electron chi connectivity index (χ1n) is 5.20. The first-order chi connectivity index (χ1) is 7.34. The molecule has 0 aliphatic rings. The molecule has 0 unspecified atom stereocenters. The summed E-state index contributed by atoms with van der Waals surface area (Å²) < 4.78 is 0. The first kappa shape index (κ1) is 12.6. The number of aromatic nitrogens is 1. The van der Waals surface area contributed by atoms with Gasteiger partial charge in [-0.1, -0.05) is 6.07 Å². The van der Waals surface area contributed by atoms with Crippen molar-refractivity contribution in [1.29, 1.82) is 0 Å². The number of carbonyl (C=O) groups is 1. The molecule has 0 saturated carbocycles. The summed E-state index contributed by atoms with van der Waals surface area (Å²) in [4.78, 5) is 17.1. The van der Waals surface area contributed by atoms with Gasteiger partial charge in [-0.2, -0.15) is 0 Å². The van der Waals surface area contributed by atoms with Crippen LogP contribution in [0.5, 0.6) is 0 Å². The molecule has 0 aliphatic carbocycles. The number of hydrogen-bond acceptors (Lipinski definition) is 3. The van der Waals surface area contributed by atoms with Crippen molar-refractivity contribution in [3.05, 3.63) is 29.6 Å². The standard InChI is InChI=1S/C12H18N2O2/c1-9-5-6-10(13-7-9)8-14(4)12(2,3)11(15)16/h5-7H,8H2,1-4H3,(H,15,16). The summed E-state index contributed by atoms with van der Waals surface area (Å²) in [6, 6.07) is 3.90. The van der Waals surface area contributed by atoms with Crippen molar-refractivity contribution in [2.45, 2.75) is 32.9 Å². The first-order valence-corrected chi connectivity index (χ1v) is 5.20. The van der Waals surface area contributed by atoms with Gasteiger partial charge < -0.3 is 5.11 Å². The summed E-state index contributed by atoms with van der Waals surface area (Å²) in [5.74, 6) is -0.831. The Balaban J connectivity index is 2.75. The zero-order chi connectivity index (χ0) is 12.3. The fraction of sp³-hybridized carbons (Fsp3) is 0.500. The van der Waals surface area contributed by atoms with Crippen LogP contribution in [0.3, 0.4) is 0 Å². The van der Waals surface area contributed by atoms with Gasteiger partial charge in [0.1, 0.15) is 5.54 Å². The van der Waals surface area contributed by atoms with Crippen molar-refractivity contribution >= 4 is 5.97 Å². The third kappa shape index (κ3) is 2.79. The van der Waals surface area contributed by atoms with Crippen molar-refractivity contribution in [3.8, 4) is 0 Å². The van der Waals surface area contributed by atoms with Crippen LogP contribution in [-0.2, 0) is 11.3 Å². The van der Waals surface area contributed by atoms with Crippen LogP contribution in [0.2, 0.25) is 0 Å². The Kier molecular flexibility index (Phi) is 3.65. The van der Waals surface area contributed by atoms with Gasteiger partial charge in [0.2, 0.25) is 0 Å². The highest BCUT2D eigenvalue weighted by Crippen LogP contribution is 2.15. The molecule has 4 heteroatoms. The third-order valence-electron chi connectivity index (χ3n) is 2.85. The average molecular weight is 222 g/mol. The van der Waals surface area contributed by atoms with Gasteiger partial charge >= 0.3 is 5.97 Å². The van der Waals surface area contributed by atoms with E-state index in [1.165, 1.54) is 0 Å². The van der Waals surface area contributed by atoms with Gasteiger partial charge in [0.05, 0.1) is 5.69 Å². The molecule has 0 aliphatic heterocycles. The number of likely N-dealkylation sites (N-methyl/N-ethyl adjacent to an activating group) is 1. The molecular formula is C12H18N2O2. The minimum atomic E-state index is -0.882. The zero-order valence-electron chi connectivity index (χ0n) is 10.2.